The highest BCUT2D eigenvalue weighted by atomic mass is 16.4. The van der Waals surface area contributed by atoms with Crippen LogP contribution in [0.25, 0.3) is 0 Å². The van der Waals surface area contributed by atoms with E-state index >= 15 is 0 Å². The number of rotatable bonds is 4. The van der Waals surface area contributed by atoms with Crippen molar-refractivity contribution in [1.29, 1.82) is 0 Å². The maximum atomic E-state index is 12.4. The predicted molar refractivity (Wildman–Crippen MR) is 75.5 cm³/mol. The zero-order valence-electron chi connectivity index (χ0n) is 12.8. The number of hydrogen-bond donors (Lipinski definition) is 2. The van der Waals surface area contributed by atoms with Crippen LogP contribution in [0.2, 0.25) is 0 Å². The van der Waals surface area contributed by atoms with Gasteiger partial charge >= 0.3 is 12.0 Å². The van der Waals surface area contributed by atoms with Crippen molar-refractivity contribution in [3.63, 3.8) is 0 Å². The molecule has 2 N–H and O–H groups in total. The van der Waals surface area contributed by atoms with E-state index < -0.39 is 17.1 Å². The van der Waals surface area contributed by atoms with E-state index in [4.69, 9.17) is 5.11 Å². The van der Waals surface area contributed by atoms with Gasteiger partial charge in [0.2, 0.25) is 0 Å². The van der Waals surface area contributed by atoms with Crippen LogP contribution in [0.4, 0.5) is 4.79 Å². The lowest BCUT2D eigenvalue weighted by molar-refractivity contribution is -0.138. The fraction of sp³-hybridized carbons (Fsp3) is 0.857. The Morgan fingerprint density at radius 1 is 1.20 bits per heavy atom. The van der Waals surface area contributed by atoms with Crippen LogP contribution >= 0.6 is 0 Å². The minimum Gasteiger partial charge on any atom is -0.480 e. The van der Waals surface area contributed by atoms with E-state index in [1.54, 1.807) is 27.8 Å². The van der Waals surface area contributed by atoms with Gasteiger partial charge < -0.3 is 20.0 Å². The van der Waals surface area contributed by atoms with E-state index in [1.807, 2.05) is 0 Å². The summed E-state index contributed by atoms with van der Waals surface area (Å²) in [6, 6.07) is -0.361. The molecule has 6 nitrogen and oxygen atoms in total. The minimum absolute atomic E-state index is 0.248. The Morgan fingerprint density at radius 3 is 2.10 bits per heavy atom. The molecule has 116 valence electrons. The number of nitrogens with zero attached hydrogens (tertiary/aromatic N) is 2. The fourth-order valence-corrected chi connectivity index (χ4v) is 2.63. The summed E-state index contributed by atoms with van der Waals surface area (Å²) in [5.41, 5.74) is -1.40. The third-order valence-electron chi connectivity index (χ3n) is 3.73. The molecule has 0 atom stereocenters. The van der Waals surface area contributed by atoms with Gasteiger partial charge in [0, 0.05) is 12.6 Å². The fourth-order valence-electron chi connectivity index (χ4n) is 2.63. The van der Waals surface area contributed by atoms with Gasteiger partial charge in [-0.3, -0.25) is 4.79 Å². The molecule has 0 saturated heterocycles. The molecule has 20 heavy (non-hydrogen) atoms. The Morgan fingerprint density at radius 2 is 1.70 bits per heavy atom. The average molecular weight is 286 g/mol. The quantitative estimate of drug-likeness (QED) is 0.821. The number of carboxylic acid groups (broad SMARTS) is 1. The number of urea groups is 1. The van der Waals surface area contributed by atoms with E-state index in [-0.39, 0.29) is 19.1 Å². The van der Waals surface area contributed by atoms with E-state index in [0.717, 1.165) is 12.8 Å². The highest BCUT2D eigenvalue weighted by Gasteiger charge is 2.36. The molecule has 0 bridgehead atoms. The third kappa shape index (κ3) is 4.37. The molecule has 1 aliphatic carbocycles. The maximum Gasteiger partial charge on any atom is 0.323 e. The van der Waals surface area contributed by atoms with Crippen molar-refractivity contribution in [1.82, 2.24) is 9.80 Å². The van der Waals surface area contributed by atoms with Crippen LogP contribution in [0, 0.1) is 0 Å². The van der Waals surface area contributed by atoms with Gasteiger partial charge in [0.1, 0.15) is 6.54 Å². The monoisotopic (exact) mass is 286 g/mol. The normalized spacial score (nSPS) is 17.9. The second kappa shape index (κ2) is 5.99. The summed E-state index contributed by atoms with van der Waals surface area (Å²) in [5, 5.41) is 19.3. The van der Waals surface area contributed by atoms with Gasteiger partial charge in [0.15, 0.2) is 0 Å². The van der Waals surface area contributed by atoms with Gasteiger partial charge in [-0.15, -0.1) is 0 Å². The summed E-state index contributed by atoms with van der Waals surface area (Å²) < 4.78 is 0. The Kier molecular flexibility index (Phi) is 5.02. The topological polar surface area (TPSA) is 81.1 Å². The van der Waals surface area contributed by atoms with Gasteiger partial charge in [-0.25, -0.2) is 4.79 Å². The van der Waals surface area contributed by atoms with Gasteiger partial charge in [-0.05, 0) is 33.6 Å². The molecular weight excluding hydrogens is 260 g/mol. The molecule has 0 aromatic rings. The van der Waals surface area contributed by atoms with Crippen molar-refractivity contribution in [3.05, 3.63) is 0 Å². The molecule has 0 radical (unpaired) electrons. The molecule has 0 spiro atoms. The third-order valence-corrected chi connectivity index (χ3v) is 3.73. The lowest BCUT2D eigenvalue weighted by Gasteiger charge is -2.39. The molecule has 0 heterocycles. The van der Waals surface area contributed by atoms with Crippen molar-refractivity contribution in [3.8, 4) is 0 Å². The first kappa shape index (κ1) is 16.8. The Balaban J connectivity index is 2.75. The number of aliphatic carboxylic acids is 1. The molecule has 2 amide bonds. The number of likely N-dealkylation sites (N-methyl/N-ethyl adjacent to an activating group) is 1. The van der Waals surface area contributed by atoms with Crippen LogP contribution in [-0.4, -0.2) is 63.3 Å². The largest absolute Gasteiger partial charge is 0.480 e. The summed E-state index contributed by atoms with van der Waals surface area (Å²) >= 11 is 0. The average Bonchev–Trinajstić information content (AvgIpc) is 2.70. The number of carboxylic acids is 1. The Bertz CT molecular complexity index is 370. The molecular formula is C14H26N2O4. The van der Waals surface area contributed by atoms with Gasteiger partial charge in [0.05, 0.1) is 12.1 Å². The second-order valence-electron chi connectivity index (χ2n) is 6.72. The van der Waals surface area contributed by atoms with Crippen LogP contribution in [0.1, 0.15) is 46.5 Å². The first-order chi connectivity index (χ1) is 9.05. The summed E-state index contributed by atoms with van der Waals surface area (Å²) in [7, 11) is 1.61. The SMILES string of the molecule is CN(CC1(O)CCCC1)C(=O)N(CC(=O)O)C(C)(C)C. The number of hydrogen-bond acceptors (Lipinski definition) is 3. The van der Waals surface area contributed by atoms with E-state index in [1.165, 1.54) is 9.80 Å². The molecule has 0 aliphatic heterocycles. The van der Waals surface area contributed by atoms with Crippen LogP contribution < -0.4 is 0 Å². The molecule has 6 heteroatoms. The van der Waals surface area contributed by atoms with Crippen molar-refractivity contribution in [2.24, 2.45) is 0 Å². The number of carbonyl (C=O) groups is 2. The first-order valence-corrected chi connectivity index (χ1v) is 7.02. The van der Waals surface area contributed by atoms with Crippen molar-refractivity contribution in [2.75, 3.05) is 20.1 Å². The zero-order chi connectivity index (χ0) is 15.6. The van der Waals surface area contributed by atoms with Crippen LogP contribution in [0.3, 0.4) is 0 Å². The Labute approximate surface area is 120 Å². The van der Waals surface area contributed by atoms with Gasteiger partial charge in [-0.2, -0.15) is 0 Å². The summed E-state index contributed by atoms with van der Waals surface area (Å²) in [5.74, 6) is -1.04. The Hall–Kier alpha value is -1.30. The highest BCUT2D eigenvalue weighted by molar-refractivity contribution is 5.80. The summed E-state index contributed by atoms with van der Waals surface area (Å²) in [6.45, 7) is 5.30. The maximum absolute atomic E-state index is 12.4. The first-order valence-electron chi connectivity index (χ1n) is 7.02. The predicted octanol–water partition coefficient (Wildman–Crippen LogP) is 1.53. The van der Waals surface area contributed by atoms with Crippen LogP contribution in [-0.2, 0) is 4.79 Å². The van der Waals surface area contributed by atoms with Crippen LogP contribution in [0.5, 0.6) is 0 Å². The van der Waals surface area contributed by atoms with Crippen molar-refractivity contribution >= 4 is 12.0 Å². The smallest absolute Gasteiger partial charge is 0.323 e. The zero-order valence-corrected chi connectivity index (χ0v) is 12.8. The van der Waals surface area contributed by atoms with Crippen molar-refractivity contribution in [2.45, 2.75) is 57.6 Å². The van der Waals surface area contributed by atoms with Crippen LogP contribution in [0.15, 0.2) is 0 Å². The number of aliphatic hydroxyl groups is 1. The lowest BCUT2D eigenvalue weighted by Crippen LogP contribution is -2.55. The molecule has 0 aromatic carbocycles. The minimum atomic E-state index is -1.04. The number of carbonyl (C=O) groups excluding carboxylic acids is 1. The molecule has 1 fully saturated rings. The van der Waals surface area contributed by atoms with E-state index in [9.17, 15) is 14.7 Å². The summed E-state index contributed by atoms with van der Waals surface area (Å²) in [4.78, 5) is 26.1. The van der Waals surface area contributed by atoms with Gasteiger partial charge in [0.25, 0.3) is 0 Å². The molecule has 0 unspecified atom stereocenters. The number of amides is 2. The molecule has 1 aliphatic rings. The summed E-state index contributed by atoms with van der Waals surface area (Å²) in [6.07, 6.45) is 3.32. The molecule has 1 saturated carbocycles. The second-order valence-corrected chi connectivity index (χ2v) is 6.72. The van der Waals surface area contributed by atoms with Gasteiger partial charge in [-0.1, -0.05) is 12.8 Å². The highest BCUT2D eigenvalue weighted by Crippen LogP contribution is 2.30. The van der Waals surface area contributed by atoms with Crippen molar-refractivity contribution < 1.29 is 19.8 Å². The standard InChI is InChI=1S/C14H26N2O4/c1-13(2,3)16(9-11(17)18)12(19)15(4)10-14(20)7-5-6-8-14/h20H,5-10H2,1-4H3,(H,17,18). The lowest BCUT2D eigenvalue weighted by atomic mass is 10.0. The van der Waals surface area contributed by atoms with E-state index in [0.29, 0.717) is 12.8 Å². The molecule has 0 aromatic heterocycles. The molecule has 1 rings (SSSR count). The van der Waals surface area contributed by atoms with E-state index in [2.05, 4.69) is 0 Å².